The lowest BCUT2D eigenvalue weighted by Crippen LogP contribution is -2.09. The first-order chi connectivity index (χ1) is 9.26. The van der Waals surface area contributed by atoms with Gasteiger partial charge < -0.3 is 9.47 Å². The number of hydrogen-bond donors (Lipinski definition) is 0. The SMILES string of the molecule is CCOC(=O)C1=C(OCC)C=C(c2ccccc2)C1. The van der Waals surface area contributed by atoms with Crippen LogP contribution >= 0.6 is 0 Å². The number of rotatable bonds is 5. The van der Waals surface area contributed by atoms with Gasteiger partial charge in [-0.15, -0.1) is 0 Å². The molecule has 1 aromatic rings. The van der Waals surface area contributed by atoms with E-state index < -0.39 is 0 Å². The summed E-state index contributed by atoms with van der Waals surface area (Å²) in [6, 6.07) is 10.0. The van der Waals surface area contributed by atoms with Gasteiger partial charge >= 0.3 is 5.97 Å². The zero-order valence-electron chi connectivity index (χ0n) is 11.3. The Kier molecular flexibility index (Phi) is 4.39. The molecular formula is C16H18O3. The number of carbonyl (C=O) groups excluding carboxylic acids is 1. The number of allylic oxidation sites excluding steroid dienone is 2. The number of ether oxygens (including phenoxy) is 2. The first kappa shape index (κ1) is 13.4. The Morgan fingerprint density at radius 2 is 1.89 bits per heavy atom. The number of esters is 1. The van der Waals surface area contributed by atoms with E-state index in [0.29, 0.717) is 31.0 Å². The van der Waals surface area contributed by atoms with Crippen molar-refractivity contribution in [1.29, 1.82) is 0 Å². The van der Waals surface area contributed by atoms with Crippen molar-refractivity contribution in [1.82, 2.24) is 0 Å². The van der Waals surface area contributed by atoms with Gasteiger partial charge in [0.1, 0.15) is 5.76 Å². The largest absolute Gasteiger partial charge is 0.493 e. The van der Waals surface area contributed by atoms with Gasteiger partial charge in [0, 0.05) is 6.42 Å². The maximum atomic E-state index is 11.9. The number of hydrogen-bond acceptors (Lipinski definition) is 3. The highest BCUT2D eigenvalue weighted by Gasteiger charge is 2.24. The molecule has 0 spiro atoms. The van der Waals surface area contributed by atoms with Crippen LogP contribution in [0, 0.1) is 0 Å². The molecule has 0 bridgehead atoms. The van der Waals surface area contributed by atoms with E-state index in [0.717, 1.165) is 11.1 Å². The second-order valence-corrected chi connectivity index (χ2v) is 4.21. The quantitative estimate of drug-likeness (QED) is 0.760. The van der Waals surface area contributed by atoms with Crippen molar-refractivity contribution in [3.8, 4) is 0 Å². The number of carbonyl (C=O) groups is 1. The van der Waals surface area contributed by atoms with Crippen molar-refractivity contribution >= 4 is 11.5 Å². The molecule has 1 aliphatic carbocycles. The third kappa shape index (κ3) is 3.05. The van der Waals surface area contributed by atoms with Gasteiger partial charge in [0.25, 0.3) is 0 Å². The zero-order chi connectivity index (χ0) is 13.7. The fraction of sp³-hybridized carbons (Fsp3) is 0.312. The van der Waals surface area contributed by atoms with E-state index in [2.05, 4.69) is 0 Å². The Morgan fingerprint density at radius 1 is 1.16 bits per heavy atom. The van der Waals surface area contributed by atoms with Crippen LogP contribution in [0.2, 0.25) is 0 Å². The lowest BCUT2D eigenvalue weighted by molar-refractivity contribution is -0.138. The maximum absolute atomic E-state index is 11.9. The van der Waals surface area contributed by atoms with E-state index in [4.69, 9.17) is 9.47 Å². The summed E-state index contributed by atoms with van der Waals surface area (Å²) in [6.45, 7) is 4.63. The van der Waals surface area contributed by atoms with E-state index in [1.165, 1.54) is 0 Å². The fourth-order valence-corrected chi connectivity index (χ4v) is 2.09. The van der Waals surface area contributed by atoms with Gasteiger partial charge in [0.05, 0.1) is 18.8 Å². The van der Waals surface area contributed by atoms with E-state index in [9.17, 15) is 4.79 Å². The van der Waals surface area contributed by atoms with Gasteiger partial charge in [0.2, 0.25) is 0 Å². The predicted molar refractivity (Wildman–Crippen MR) is 74.3 cm³/mol. The molecule has 0 saturated carbocycles. The fourth-order valence-electron chi connectivity index (χ4n) is 2.09. The molecular weight excluding hydrogens is 240 g/mol. The molecule has 0 aromatic heterocycles. The van der Waals surface area contributed by atoms with Crippen molar-refractivity contribution in [3.05, 3.63) is 53.3 Å². The summed E-state index contributed by atoms with van der Waals surface area (Å²) in [4.78, 5) is 11.9. The van der Waals surface area contributed by atoms with Crippen molar-refractivity contribution in [3.63, 3.8) is 0 Å². The van der Waals surface area contributed by atoms with Crippen LogP contribution in [0.4, 0.5) is 0 Å². The third-order valence-corrected chi connectivity index (χ3v) is 2.94. The summed E-state index contributed by atoms with van der Waals surface area (Å²) in [5, 5.41) is 0. The second-order valence-electron chi connectivity index (χ2n) is 4.21. The molecule has 3 nitrogen and oxygen atoms in total. The number of benzene rings is 1. The Morgan fingerprint density at radius 3 is 2.53 bits per heavy atom. The summed E-state index contributed by atoms with van der Waals surface area (Å²) in [5.41, 5.74) is 2.81. The smallest absolute Gasteiger partial charge is 0.338 e. The Hall–Kier alpha value is -2.03. The standard InChI is InChI=1S/C16H18O3/c1-3-18-15-11-13(12-8-6-5-7-9-12)10-14(15)16(17)19-4-2/h5-9,11H,3-4,10H2,1-2H3. The molecule has 0 amide bonds. The predicted octanol–water partition coefficient (Wildman–Crippen LogP) is 3.33. The molecule has 19 heavy (non-hydrogen) atoms. The minimum atomic E-state index is -0.284. The minimum absolute atomic E-state index is 0.284. The molecule has 0 fully saturated rings. The van der Waals surface area contributed by atoms with Gasteiger partial charge in [-0.1, -0.05) is 30.3 Å². The molecule has 0 atom stereocenters. The topological polar surface area (TPSA) is 35.5 Å². The summed E-state index contributed by atoms with van der Waals surface area (Å²) < 4.78 is 10.6. The first-order valence-electron chi connectivity index (χ1n) is 6.55. The first-order valence-corrected chi connectivity index (χ1v) is 6.55. The highest BCUT2D eigenvalue weighted by Crippen LogP contribution is 2.33. The van der Waals surface area contributed by atoms with Gasteiger partial charge in [-0.05, 0) is 31.1 Å². The van der Waals surface area contributed by atoms with Gasteiger partial charge in [-0.25, -0.2) is 4.79 Å². The lowest BCUT2D eigenvalue weighted by Gasteiger charge is -2.07. The van der Waals surface area contributed by atoms with Crippen LogP contribution < -0.4 is 0 Å². The van der Waals surface area contributed by atoms with Crippen LogP contribution in [0.25, 0.3) is 5.57 Å². The lowest BCUT2D eigenvalue weighted by atomic mass is 10.0. The molecule has 3 heteroatoms. The van der Waals surface area contributed by atoms with Gasteiger partial charge in [-0.2, -0.15) is 0 Å². The van der Waals surface area contributed by atoms with Crippen LogP contribution in [0.15, 0.2) is 47.7 Å². The van der Waals surface area contributed by atoms with E-state index in [1.54, 1.807) is 6.92 Å². The maximum Gasteiger partial charge on any atom is 0.338 e. The molecule has 0 aliphatic heterocycles. The normalized spacial score (nSPS) is 14.3. The molecule has 0 N–H and O–H groups in total. The molecule has 0 heterocycles. The summed E-state index contributed by atoms with van der Waals surface area (Å²) in [7, 11) is 0. The minimum Gasteiger partial charge on any atom is -0.493 e. The van der Waals surface area contributed by atoms with Crippen molar-refractivity contribution in [2.75, 3.05) is 13.2 Å². The Labute approximate surface area is 113 Å². The summed E-state index contributed by atoms with van der Waals surface area (Å²) in [6.07, 6.45) is 2.50. The zero-order valence-corrected chi connectivity index (χ0v) is 11.3. The highest BCUT2D eigenvalue weighted by molar-refractivity contribution is 5.95. The van der Waals surface area contributed by atoms with E-state index >= 15 is 0 Å². The highest BCUT2D eigenvalue weighted by atomic mass is 16.5. The molecule has 2 rings (SSSR count). The van der Waals surface area contributed by atoms with Crippen LogP contribution in [0.1, 0.15) is 25.8 Å². The van der Waals surface area contributed by atoms with Gasteiger partial charge in [0.15, 0.2) is 0 Å². The van der Waals surface area contributed by atoms with Crippen molar-refractivity contribution in [2.24, 2.45) is 0 Å². The molecule has 0 unspecified atom stereocenters. The van der Waals surface area contributed by atoms with Crippen LogP contribution in [0.5, 0.6) is 0 Å². The Balaban J connectivity index is 2.22. The summed E-state index contributed by atoms with van der Waals surface area (Å²) >= 11 is 0. The third-order valence-electron chi connectivity index (χ3n) is 2.94. The Bertz CT molecular complexity index is 512. The average molecular weight is 258 g/mol. The molecule has 1 aliphatic rings. The molecule has 0 radical (unpaired) electrons. The van der Waals surface area contributed by atoms with E-state index in [1.807, 2.05) is 43.3 Å². The average Bonchev–Trinajstić information content (AvgIpc) is 2.85. The monoisotopic (exact) mass is 258 g/mol. The van der Waals surface area contributed by atoms with Crippen molar-refractivity contribution in [2.45, 2.75) is 20.3 Å². The molecule has 100 valence electrons. The second kappa shape index (κ2) is 6.23. The van der Waals surface area contributed by atoms with Crippen LogP contribution in [-0.2, 0) is 14.3 Å². The van der Waals surface area contributed by atoms with Crippen LogP contribution in [0.3, 0.4) is 0 Å². The summed E-state index contributed by atoms with van der Waals surface area (Å²) in [5.74, 6) is 0.355. The molecule has 0 saturated heterocycles. The molecule has 1 aromatic carbocycles. The van der Waals surface area contributed by atoms with E-state index in [-0.39, 0.29) is 5.97 Å². The van der Waals surface area contributed by atoms with Crippen molar-refractivity contribution < 1.29 is 14.3 Å². The van der Waals surface area contributed by atoms with Crippen LogP contribution in [-0.4, -0.2) is 19.2 Å². The van der Waals surface area contributed by atoms with Gasteiger partial charge in [-0.3, -0.25) is 0 Å².